The first kappa shape index (κ1) is 26.4. The first-order chi connectivity index (χ1) is 18.5. The van der Waals surface area contributed by atoms with E-state index in [9.17, 15) is 22.8 Å². The molecule has 1 aliphatic heterocycles. The SMILES string of the molecule is CC(C)(c1ccc(-c2noc(-c3c[nH]c(=O)c(Cc4cccc(C(=O)N5CCCC5)c4)c3)n2)cc1)C(F)(F)F. The van der Waals surface area contributed by atoms with E-state index in [1.54, 1.807) is 18.2 Å². The standard InChI is InChI=1S/C29H27F3N4O3/c1-28(2,29(30,31)32)23-10-8-19(9-11-23)24-34-26(39-35-24)22-16-21(25(37)33-17-22)15-18-6-5-7-20(14-18)27(38)36-12-3-4-13-36/h5-11,14,16-17H,3-4,12-13,15H2,1-2H3,(H,33,37). The molecule has 1 fully saturated rings. The smallest absolute Gasteiger partial charge is 0.339 e. The van der Waals surface area contributed by atoms with E-state index in [-0.39, 0.29) is 28.7 Å². The Bertz CT molecular complexity index is 1550. The lowest BCUT2D eigenvalue weighted by molar-refractivity contribution is -0.180. The van der Waals surface area contributed by atoms with Crippen LogP contribution in [0.1, 0.15) is 53.7 Å². The summed E-state index contributed by atoms with van der Waals surface area (Å²) in [5.74, 6) is 0.354. The molecule has 0 unspecified atom stereocenters. The van der Waals surface area contributed by atoms with Crippen molar-refractivity contribution in [3.63, 3.8) is 0 Å². The van der Waals surface area contributed by atoms with E-state index in [2.05, 4.69) is 15.1 Å². The third-order valence-electron chi connectivity index (χ3n) is 7.19. The van der Waals surface area contributed by atoms with Gasteiger partial charge in [0.05, 0.1) is 11.0 Å². The van der Waals surface area contributed by atoms with Gasteiger partial charge in [-0.25, -0.2) is 0 Å². The van der Waals surface area contributed by atoms with Crippen LogP contribution in [-0.4, -0.2) is 45.2 Å². The predicted octanol–water partition coefficient (Wildman–Crippen LogP) is 5.76. The largest absolute Gasteiger partial charge is 0.397 e. The highest BCUT2D eigenvalue weighted by Crippen LogP contribution is 2.40. The van der Waals surface area contributed by atoms with Gasteiger partial charge in [0, 0.05) is 42.4 Å². The van der Waals surface area contributed by atoms with E-state index >= 15 is 0 Å². The van der Waals surface area contributed by atoms with Gasteiger partial charge >= 0.3 is 6.18 Å². The maximum absolute atomic E-state index is 13.4. The monoisotopic (exact) mass is 536 g/mol. The fourth-order valence-corrected chi connectivity index (χ4v) is 4.58. The van der Waals surface area contributed by atoms with Crippen LogP contribution in [-0.2, 0) is 11.8 Å². The highest BCUT2D eigenvalue weighted by Gasteiger charge is 2.48. The number of likely N-dealkylation sites (tertiary alicyclic amines) is 1. The number of halogens is 3. The number of benzene rings is 2. The maximum Gasteiger partial charge on any atom is 0.397 e. The van der Waals surface area contributed by atoms with E-state index in [0.29, 0.717) is 28.7 Å². The summed E-state index contributed by atoms with van der Waals surface area (Å²) in [5, 5.41) is 3.97. The second-order valence-corrected chi connectivity index (χ2v) is 10.2. The van der Waals surface area contributed by atoms with Crippen LogP contribution in [0.25, 0.3) is 22.8 Å². The Kier molecular flexibility index (Phi) is 6.88. The van der Waals surface area contributed by atoms with Crippen LogP contribution in [0.5, 0.6) is 0 Å². The zero-order chi connectivity index (χ0) is 27.8. The molecule has 0 bridgehead atoms. The molecule has 3 heterocycles. The van der Waals surface area contributed by atoms with E-state index in [0.717, 1.165) is 45.3 Å². The molecule has 202 valence electrons. The number of nitrogens with one attached hydrogen (secondary N) is 1. The first-order valence-corrected chi connectivity index (χ1v) is 12.6. The van der Waals surface area contributed by atoms with Crippen molar-refractivity contribution in [2.75, 3.05) is 13.1 Å². The van der Waals surface area contributed by atoms with Gasteiger partial charge in [0.1, 0.15) is 0 Å². The van der Waals surface area contributed by atoms with Crippen LogP contribution in [0.15, 0.2) is 70.1 Å². The molecule has 0 saturated carbocycles. The fraction of sp³-hybridized carbons (Fsp3) is 0.310. The van der Waals surface area contributed by atoms with Crippen LogP contribution in [0, 0.1) is 0 Å². The topological polar surface area (TPSA) is 92.1 Å². The molecule has 1 aliphatic rings. The minimum Gasteiger partial charge on any atom is -0.339 e. The quantitative estimate of drug-likeness (QED) is 0.338. The highest BCUT2D eigenvalue weighted by atomic mass is 19.4. The van der Waals surface area contributed by atoms with Gasteiger partial charge in [-0.3, -0.25) is 9.59 Å². The van der Waals surface area contributed by atoms with E-state index in [1.807, 2.05) is 17.0 Å². The fourth-order valence-electron chi connectivity index (χ4n) is 4.58. The summed E-state index contributed by atoms with van der Waals surface area (Å²) in [5.41, 5.74) is 0.692. The second kappa shape index (κ2) is 10.2. The van der Waals surface area contributed by atoms with E-state index < -0.39 is 11.6 Å². The summed E-state index contributed by atoms with van der Waals surface area (Å²) in [4.78, 5) is 34.2. The number of aromatic amines is 1. The lowest BCUT2D eigenvalue weighted by Crippen LogP contribution is -2.36. The van der Waals surface area contributed by atoms with Gasteiger partial charge in [-0.2, -0.15) is 18.2 Å². The number of pyridine rings is 1. The van der Waals surface area contributed by atoms with Crippen molar-refractivity contribution in [3.8, 4) is 22.8 Å². The van der Waals surface area contributed by atoms with Crippen LogP contribution in [0.3, 0.4) is 0 Å². The van der Waals surface area contributed by atoms with Crippen LogP contribution in [0.4, 0.5) is 13.2 Å². The second-order valence-electron chi connectivity index (χ2n) is 10.2. The van der Waals surface area contributed by atoms with Gasteiger partial charge in [0.15, 0.2) is 0 Å². The first-order valence-electron chi connectivity index (χ1n) is 12.6. The normalized spacial score (nSPS) is 14.1. The van der Waals surface area contributed by atoms with Gasteiger partial charge in [-0.15, -0.1) is 0 Å². The number of rotatable bonds is 6. The van der Waals surface area contributed by atoms with Crippen molar-refractivity contribution in [3.05, 3.63) is 93.4 Å². The molecule has 39 heavy (non-hydrogen) atoms. The average molecular weight is 537 g/mol. The third-order valence-corrected chi connectivity index (χ3v) is 7.19. The highest BCUT2D eigenvalue weighted by molar-refractivity contribution is 5.94. The van der Waals surface area contributed by atoms with Crippen molar-refractivity contribution in [2.24, 2.45) is 0 Å². The number of alkyl halides is 3. The zero-order valence-corrected chi connectivity index (χ0v) is 21.5. The Morgan fingerprint density at radius 1 is 1.03 bits per heavy atom. The Labute approximate surface area is 222 Å². The van der Waals surface area contributed by atoms with Gasteiger partial charge in [-0.1, -0.05) is 41.6 Å². The van der Waals surface area contributed by atoms with Crippen molar-refractivity contribution in [2.45, 2.75) is 44.7 Å². The molecule has 1 N–H and O–H groups in total. The molecule has 0 atom stereocenters. The van der Waals surface area contributed by atoms with Gasteiger partial charge < -0.3 is 14.4 Å². The minimum atomic E-state index is -4.39. The Morgan fingerprint density at radius 3 is 2.44 bits per heavy atom. The van der Waals surface area contributed by atoms with Crippen molar-refractivity contribution >= 4 is 5.91 Å². The predicted molar refractivity (Wildman–Crippen MR) is 139 cm³/mol. The summed E-state index contributed by atoms with van der Waals surface area (Å²) in [6.07, 6.45) is -0.618. The molecule has 2 aromatic carbocycles. The molecule has 2 aromatic heterocycles. The van der Waals surface area contributed by atoms with E-state index in [4.69, 9.17) is 4.52 Å². The maximum atomic E-state index is 13.4. The van der Waals surface area contributed by atoms with Crippen LogP contribution < -0.4 is 5.56 Å². The molecule has 5 rings (SSSR count). The zero-order valence-electron chi connectivity index (χ0n) is 21.5. The molecule has 0 aliphatic carbocycles. The number of carbonyl (C=O) groups is 1. The Balaban J connectivity index is 1.35. The van der Waals surface area contributed by atoms with E-state index in [1.165, 1.54) is 30.5 Å². The average Bonchev–Trinajstić information content (AvgIpc) is 3.62. The summed E-state index contributed by atoms with van der Waals surface area (Å²) >= 11 is 0. The molecule has 4 aromatic rings. The Hall–Kier alpha value is -4.21. The summed E-state index contributed by atoms with van der Waals surface area (Å²) in [7, 11) is 0. The van der Waals surface area contributed by atoms with Gasteiger partial charge in [0.25, 0.3) is 17.4 Å². The number of hydrogen-bond acceptors (Lipinski definition) is 5. The molecule has 1 amide bonds. The molecular weight excluding hydrogens is 509 g/mol. The van der Waals surface area contributed by atoms with Crippen LogP contribution in [0.2, 0.25) is 0 Å². The molecule has 0 spiro atoms. The van der Waals surface area contributed by atoms with Crippen molar-refractivity contribution < 1.29 is 22.5 Å². The number of H-pyrrole nitrogens is 1. The molecule has 10 heteroatoms. The van der Waals surface area contributed by atoms with Crippen molar-refractivity contribution in [1.82, 2.24) is 20.0 Å². The van der Waals surface area contributed by atoms with Gasteiger partial charge in [0.2, 0.25) is 5.82 Å². The molecule has 7 nitrogen and oxygen atoms in total. The lowest BCUT2D eigenvalue weighted by Gasteiger charge is -2.28. The van der Waals surface area contributed by atoms with Gasteiger partial charge in [-0.05, 0) is 56.0 Å². The number of hydrogen-bond donors (Lipinski definition) is 1. The summed E-state index contributed by atoms with van der Waals surface area (Å²) < 4.78 is 45.5. The van der Waals surface area contributed by atoms with Crippen molar-refractivity contribution in [1.29, 1.82) is 0 Å². The number of nitrogens with zero attached hydrogens (tertiary/aromatic N) is 3. The summed E-state index contributed by atoms with van der Waals surface area (Å²) in [6, 6.07) is 14.8. The number of aromatic nitrogens is 3. The molecule has 0 radical (unpaired) electrons. The number of carbonyl (C=O) groups excluding carboxylic acids is 1. The number of amides is 1. The summed E-state index contributed by atoms with van der Waals surface area (Å²) in [6.45, 7) is 3.77. The third kappa shape index (κ3) is 5.36. The Morgan fingerprint density at radius 2 is 1.74 bits per heavy atom. The lowest BCUT2D eigenvalue weighted by atomic mass is 9.83. The molecular formula is C29H27F3N4O3. The minimum absolute atomic E-state index is 0.00889. The van der Waals surface area contributed by atoms with Crippen LogP contribution >= 0.6 is 0 Å². The molecule has 1 saturated heterocycles.